The molecule has 94 valence electrons. The number of aliphatic carboxylic acids is 1. The molecule has 0 spiro atoms. The Labute approximate surface area is 104 Å². The largest absolute Gasteiger partial charge is 0.477 e. The number of hydrogen-bond donors (Lipinski definition) is 1. The summed E-state index contributed by atoms with van der Waals surface area (Å²) in [7, 11) is 0. The molecule has 6 heteroatoms. The van der Waals surface area contributed by atoms with Crippen molar-refractivity contribution in [1.82, 2.24) is 14.5 Å². The first-order valence-electron chi connectivity index (χ1n) is 5.91. The minimum absolute atomic E-state index is 0.0623. The number of β-lactam (4-membered cyclic amide) rings is 1. The van der Waals surface area contributed by atoms with Gasteiger partial charge >= 0.3 is 5.97 Å². The van der Waals surface area contributed by atoms with Crippen molar-refractivity contribution in [2.24, 2.45) is 0 Å². The van der Waals surface area contributed by atoms with Gasteiger partial charge in [-0.3, -0.25) is 9.69 Å². The lowest BCUT2D eigenvalue weighted by Gasteiger charge is -2.38. The number of fused-ring (bicyclic) bond motifs is 1. The molecule has 1 N–H and O–H groups in total. The zero-order valence-electron chi connectivity index (χ0n) is 9.91. The summed E-state index contributed by atoms with van der Waals surface area (Å²) in [5.41, 5.74) is 0.966. The van der Waals surface area contributed by atoms with E-state index in [0.717, 1.165) is 5.57 Å². The van der Waals surface area contributed by atoms with Crippen molar-refractivity contribution >= 4 is 11.9 Å². The molecule has 18 heavy (non-hydrogen) atoms. The van der Waals surface area contributed by atoms with Gasteiger partial charge in [0.1, 0.15) is 5.70 Å². The Bertz CT molecular complexity index is 547. The van der Waals surface area contributed by atoms with E-state index in [1.807, 2.05) is 17.7 Å². The molecule has 3 heterocycles. The van der Waals surface area contributed by atoms with Crippen LogP contribution in [0.5, 0.6) is 0 Å². The van der Waals surface area contributed by atoms with Gasteiger partial charge in [0, 0.05) is 12.4 Å². The van der Waals surface area contributed by atoms with Gasteiger partial charge in [0.15, 0.2) is 0 Å². The minimum atomic E-state index is -1.02. The summed E-state index contributed by atoms with van der Waals surface area (Å²) < 4.78 is 1.89. The first-order valence-corrected chi connectivity index (χ1v) is 5.91. The molecule has 2 aliphatic rings. The Morgan fingerprint density at radius 1 is 1.61 bits per heavy atom. The van der Waals surface area contributed by atoms with Crippen LogP contribution in [0, 0.1) is 0 Å². The van der Waals surface area contributed by atoms with Gasteiger partial charge in [-0.1, -0.05) is 6.92 Å². The van der Waals surface area contributed by atoms with Crippen LogP contribution in [0.15, 0.2) is 30.0 Å². The highest BCUT2D eigenvalue weighted by atomic mass is 16.4. The second-order valence-electron chi connectivity index (χ2n) is 4.52. The molecule has 0 saturated carbocycles. The third kappa shape index (κ3) is 1.25. The van der Waals surface area contributed by atoms with Crippen molar-refractivity contribution in [3.05, 3.63) is 30.0 Å². The molecule has 1 fully saturated rings. The first kappa shape index (κ1) is 11.0. The van der Waals surface area contributed by atoms with Gasteiger partial charge in [-0.2, -0.15) is 0 Å². The van der Waals surface area contributed by atoms with Gasteiger partial charge in [-0.25, -0.2) is 9.78 Å². The quantitative estimate of drug-likeness (QED) is 0.801. The van der Waals surface area contributed by atoms with E-state index >= 15 is 0 Å². The zero-order chi connectivity index (χ0) is 12.9. The van der Waals surface area contributed by atoms with Gasteiger partial charge < -0.3 is 9.67 Å². The van der Waals surface area contributed by atoms with Gasteiger partial charge in [0.05, 0.1) is 24.8 Å². The Balaban J connectivity index is 2.10. The highest BCUT2D eigenvalue weighted by molar-refractivity contribution is 5.98. The van der Waals surface area contributed by atoms with Crippen molar-refractivity contribution in [1.29, 1.82) is 0 Å². The second-order valence-corrected chi connectivity index (χ2v) is 4.52. The van der Waals surface area contributed by atoms with Crippen molar-refractivity contribution in [2.75, 3.05) is 0 Å². The Morgan fingerprint density at radius 3 is 2.89 bits per heavy atom. The van der Waals surface area contributed by atoms with Crippen molar-refractivity contribution in [3.8, 4) is 0 Å². The van der Waals surface area contributed by atoms with Crippen LogP contribution in [0.3, 0.4) is 0 Å². The normalized spacial score (nSPS) is 26.3. The molecule has 1 aromatic heterocycles. The lowest BCUT2D eigenvalue weighted by atomic mass is 9.94. The number of carboxylic acid groups (broad SMARTS) is 1. The molecule has 1 saturated heterocycles. The van der Waals surface area contributed by atoms with Crippen LogP contribution in [0.25, 0.3) is 0 Å². The average molecular weight is 247 g/mol. The Hall–Kier alpha value is -2.11. The first-order chi connectivity index (χ1) is 8.65. The third-order valence-corrected chi connectivity index (χ3v) is 3.68. The van der Waals surface area contributed by atoms with Crippen LogP contribution >= 0.6 is 0 Å². The summed E-state index contributed by atoms with van der Waals surface area (Å²) in [6, 6.07) is -0.144. The predicted octanol–water partition coefficient (Wildman–Crippen LogP) is 0.787. The number of aromatic nitrogens is 2. The minimum Gasteiger partial charge on any atom is -0.477 e. The fourth-order valence-corrected chi connectivity index (χ4v) is 2.94. The number of carboxylic acids is 1. The number of rotatable bonds is 3. The SMILES string of the molecule is CCC1=C(C(=O)O)N2C(=O)CC2C1n1ccnc1. The number of carbonyl (C=O) groups is 2. The van der Waals surface area contributed by atoms with Crippen molar-refractivity contribution < 1.29 is 14.7 Å². The highest BCUT2D eigenvalue weighted by Crippen LogP contribution is 2.46. The van der Waals surface area contributed by atoms with Gasteiger partial charge in [0.25, 0.3) is 0 Å². The summed E-state index contributed by atoms with van der Waals surface area (Å²) in [6.45, 7) is 1.92. The van der Waals surface area contributed by atoms with E-state index in [1.54, 1.807) is 12.5 Å². The topological polar surface area (TPSA) is 75.4 Å². The van der Waals surface area contributed by atoms with E-state index < -0.39 is 5.97 Å². The molecular formula is C12H13N3O3. The maximum Gasteiger partial charge on any atom is 0.352 e. The Kier molecular flexibility index (Phi) is 2.26. The maximum absolute atomic E-state index is 11.6. The highest BCUT2D eigenvalue weighted by Gasteiger charge is 2.53. The fourth-order valence-electron chi connectivity index (χ4n) is 2.94. The van der Waals surface area contributed by atoms with E-state index in [0.29, 0.717) is 12.8 Å². The van der Waals surface area contributed by atoms with E-state index in [9.17, 15) is 14.7 Å². The molecule has 6 nitrogen and oxygen atoms in total. The van der Waals surface area contributed by atoms with Crippen LogP contribution in [0.2, 0.25) is 0 Å². The van der Waals surface area contributed by atoms with Gasteiger partial charge in [-0.15, -0.1) is 0 Å². The number of carbonyl (C=O) groups excluding carboxylic acids is 1. The molecule has 1 aromatic rings. The molecule has 0 aromatic carbocycles. The summed E-state index contributed by atoms with van der Waals surface area (Å²) in [6.07, 6.45) is 6.17. The van der Waals surface area contributed by atoms with Crippen LogP contribution in [-0.4, -0.2) is 37.5 Å². The van der Waals surface area contributed by atoms with E-state index in [-0.39, 0.29) is 23.7 Å². The number of imidazole rings is 1. The molecule has 0 aliphatic carbocycles. The molecule has 0 bridgehead atoms. The van der Waals surface area contributed by atoms with Crippen LogP contribution in [0.1, 0.15) is 25.8 Å². The van der Waals surface area contributed by atoms with Crippen LogP contribution in [0.4, 0.5) is 0 Å². The molecule has 3 rings (SSSR count). The standard InChI is InChI=1S/C12H13N3O3/c1-2-7-10(14-4-3-13-6-14)8-5-9(16)15(8)11(7)12(17)18/h3-4,6,8,10H,2,5H2,1H3,(H,17,18). The predicted molar refractivity (Wildman–Crippen MR) is 61.5 cm³/mol. The van der Waals surface area contributed by atoms with Gasteiger partial charge in [0.2, 0.25) is 5.91 Å². The molecule has 2 aliphatic heterocycles. The third-order valence-electron chi connectivity index (χ3n) is 3.68. The van der Waals surface area contributed by atoms with Gasteiger partial charge in [-0.05, 0) is 12.0 Å². The maximum atomic E-state index is 11.6. The molecule has 0 radical (unpaired) electrons. The number of hydrogen-bond acceptors (Lipinski definition) is 3. The fraction of sp³-hybridized carbons (Fsp3) is 0.417. The van der Waals surface area contributed by atoms with E-state index in [1.165, 1.54) is 4.90 Å². The zero-order valence-corrected chi connectivity index (χ0v) is 9.91. The molecular weight excluding hydrogens is 234 g/mol. The lowest BCUT2D eigenvalue weighted by molar-refractivity contribution is -0.148. The number of nitrogens with zero attached hydrogens (tertiary/aromatic N) is 3. The summed E-state index contributed by atoms with van der Waals surface area (Å²) in [4.78, 5) is 28.4. The van der Waals surface area contributed by atoms with Crippen molar-refractivity contribution in [2.45, 2.75) is 31.8 Å². The summed E-state index contributed by atoms with van der Waals surface area (Å²) >= 11 is 0. The number of amides is 1. The van der Waals surface area contributed by atoms with Crippen LogP contribution in [-0.2, 0) is 9.59 Å². The van der Waals surface area contributed by atoms with Crippen LogP contribution < -0.4 is 0 Å². The molecule has 2 unspecified atom stereocenters. The smallest absolute Gasteiger partial charge is 0.352 e. The average Bonchev–Trinajstić information content (AvgIpc) is 2.91. The second kappa shape index (κ2) is 3.69. The summed E-state index contributed by atoms with van der Waals surface area (Å²) in [5, 5.41) is 9.29. The van der Waals surface area contributed by atoms with E-state index in [2.05, 4.69) is 4.98 Å². The van der Waals surface area contributed by atoms with Crippen molar-refractivity contribution in [3.63, 3.8) is 0 Å². The monoisotopic (exact) mass is 247 g/mol. The molecule has 1 amide bonds. The Morgan fingerprint density at radius 2 is 2.39 bits per heavy atom. The molecule has 2 atom stereocenters. The lowest BCUT2D eigenvalue weighted by Crippen LogP contribution is -2.52. The summed E-state index contributed by atoms with van der Waals surface area (Å²) in [5.74, 6) is -1.13. The van der Waals surface area contributed by atoms with E-state index in [4.69, 9.17) is 0 Å².